The van der Waals surface area contributed by atoms with Gasteiger partial charge >= 0.3 is 0 Å². The summed E-state index contributed by atoms with van der Waals surface area (Å²) in [7, 11) is 0. The van der Waals surface area contributed by atoms with Crippen molar-refractivity contribution in [1.29, 1.82) is 0 Å². The fourth-order valence-electron chi connectivity index (χ4n) is 4.09. The molecule has 4 rings (SSSR count). The maximum absolute atomic E-state index is 12.6. The maximum Gasteiger partial charge on any atom is 0.227 e. The molecule has 6 heteroatoms. The molecule has 5 nitrogen and oxygen atoms in total. The Morgan fingerprint density at radius 3 is 2.59 bits per heavy atom. The number of nitrogens with zero attached hydrogens (tertiary/aromatic N) is 3. The molecule has 1 N–H and O–H groups in total. The molecule has 0 unspecified atom stereocenters. The molecule has 27 heavy (non-hydrogen) atoms. The Morgan fingerprint density at radius 2 is 1.85 bits per heavy atom. The minimum atomic E-state index is 0.00351. The Bertz CT molecular complexity index is 929. The Balaban J connectivity index is 1.37. The van der Waals surface area contributed by atoms with E-state index in [1.807, 2.05) is 48.0 Å². The lowest BCUT2D eigenvalue weighted by atomic mass is 9.75. The summed E-state index contributed by atoms with van der Waals surface area (Å²) < 4.78 is 1.95. The number of amides is 1. The van der Waals surface area contributed by atoms with E-state index in [4.69, 9.17) is 0 Å². The number of nitrogens with one attached hydrogen (secondary N) is 1. The Morgan fingerprint density at radius 1 is 1.11 bits per heavy atom. The largest absolute Gasteiger partial charge is 0.326 e. The second kappa shape index (κ2) is 7.72. The van der Waals surface area contributed by atoms with Crippen molar-refractivity contribution < 1.29 is 4.79 Å². The molecule has 1 aliphatic rings. The highest BCUT2D eigenvalue weighted by Gasteiger charge is 2.30. The van der Waals surface area contributed by atoms with Crippen LogP contribution in [-0.2, 0) is 4.79 Å². The van der Waals surface area contributed by atoms with Crippen LogP contribution >= 0.6 is 12.6 Å². The number of hydrogen-bond donors (Lipinski definition) is 2. The number of carbonyl (C=O) groups excluding carboxylic acids is 1. The van der Waals surface area contributed by atoms with E-state index < -0.39 is 0 Å². The quantitative estimate of drug-likeness (QED) is 0.652. The Hall–Kier alpha value is -2.34. The minimum absolute atomic E-state index is 0.00351. The van der Waals surface area contributed by atoms with Crippen LogP contribution in [-0.4, -0.2) is 20.5 Å². The number of hydrogen-bond acceptors (Lipinski definition) is 4. The average molecular weight is 381 g/mol. The van der Waals surface area contributed by atoms with Crippen molar-refractivity contribution in [3.8, 4) is 0 Å². The second-order valence-corrected chi connectivity index (χ2v) is 7.92. The molecule has 0 aliphatic heterocycles. The van der Waals surface area contributed by atoms with Crippen LogP contribution in [0.25, 0.3) is 5.65 Å². The number of aromatic nitrogens is 3. The van der Waals surface area contributed by atoms with Crippen molar-refractivity contribution in [2.75, 3.05) is 5.32 Å². The van der Waals surface area contributed by atoms with E-state index in [2.05, 4.69) is 34.1 Å². The highest BCUT2D eigenvalue weighted by molar-refractivity contribution is 7.80. The number of rotatable bonds is 4. The van der Waals surface area contributed by atoms with Crippen molar-refractivity contribution in [1.82, 2.24) is 14.6 Å². The standard InChI is InChI=1S/C21H24N4OS/c1-14(21(26)24-17-6-8-18(27)9-7-17)15-2-4-16(5-3-15)19-10-12-22-20-11-13-23-25(19)20/h6-16,27H,2-5H2,1H3,(H,24,26)/t14-,15?,16?/m1/s1. The molecule has 1 aromatic carbocycles. The van der Waals surface area contributed by atoms with Gasteiger partial charge in [-0.25, -0.2) is 9.50 Å². The van der Waals surface area contributed by atoms with Crippen molar-refractivity contribution >= 4 is 29.9 Å². The van der Waals surface area contributed by atoms with Crippen LogP contribution in [0.15, 0.2) is 53.7 Å². The number of anilines is 1. The fraction of sp³-hybridized carbons (Fsp3) is 0.381. The van der Waals surface area contributed by atoms with Crippen molar-refractivity contribution in [3.05, 3.63) is 54.5 Å². The van der Waals surface area contributed by atoms with Crippen LogP contribution in [0, 0.1) is 11.8 Å². The van der Waals surface area contributed by atoms with Gasteiger partial charge in [0, 0.05) is 40.4 Å². The van der Waals surface area contributed by atoms with E-state index in [1.54, 1.807) is 6.20 Å². The average Bonchev–Trinajstić information content (AvgIpc) is 3.18. The first-order chi connectivity index (χ1) is 13.1. The first-order valence-corrected chi connectivity index (χ1v) is 9.95. The van der Waals surface area contributed by atoms with E-state index in [1.165, 1.54) is 5.69 Å². The van der Waals surface area contributed by atoms with Gasteiger partial charge in [-0.2, -0.15) is 5.10 Å². The highest BCUT2D eigenvalue weighted by Crippen LogP contribution is 2.38. The smallest absolute Gasteiger partial charge is 0.227 e. The lowest BCUT2D eigenvalue weighted by molar-refractivity contribution is -0.121. The van der Waals surface area contributed by atoms with Crippen LogP contribution in [0.3, 0.4) is 0 Å². The first kappa shape index (κ1) is 18.0. The molecule has 1 fully saturated rings. The van der Waals surface area contributed by atoms with Gasteiger partial charge in [0.05, 0.1) is 6.20 Å². The van der Waals surface area contributed by atoms with E-state index in [9.17, 15) is 4.79 Å². The molecule has 0 spiro atoms. The van der Waals surface area contributed by atoms with Gasteiger partial charge in [-0.1, -0.05) is 6.92 Å². The lowest BCUT2D eigenvalue weighted by Gasteiger charge is -2.32. The molecule has 0 saturated heterocycles. The molecule has 1 amide bonds. The van der Waals surface area contributed by atoms with Crippen LogP contribution in [0.4, 0.5) is 5.69 Å². The lowest BCUT2D eigenvalue weighted by Crippen LogP contribution is -2.29. The number of thiol groups is 1. The number of carbonyl (C=O) groups is 1. The topological polar surface area (TPSA) is 59.3 Å². The van der Waals surface area contributed by atoms with Crippen LogP contribution in [0.2, 0.25) is 0 Å². The highest BCUT2D eigenvalue weighted by atomic mass is 32.1. The van der Waals surface area contributed by atoms with Gasteiger partial charge in [0.1, 0.15) is 0 Å². The molecule has 0 radical (unpaired) electrons. The summed E-state index contributed by atoms with van der Waals surface area (Å²) in [5.74, 6) is 0.998. The summed E-state index contributed by atoms with van der Waals surface area (Å²) in [4.78, 5) is 17.9. The number of benzene rings is 1. The van der Waals surface area contributed by atoms with Crippen molar-refractivity contribution in [2.45, 2.75) is 43.4 Å². The molecule has 2 aromatic heterocycles. The third kappa shape index (κ3) is 3.86. The van der Waals surface area contributed by atoms with Crippen LogP contribution in [0.1, 0.15) is 44.2 Å². The molecule has 2 heterocycles. The fourth-order valence-corrected chi connectivity index (χ4v) is 4.24. The van der Waals surface area contributed by atoms with E-state index in [-0.39, 0.29) is 11.8 Å². The second-order valence-electron chi connectivity index (χ2n) is 7.41. The summed E-state index contributed by atoms with van der Waals surface area (Å²) in [6.07, 6.45) is 7.93. The zero-order valence-electron chi connectivity index (χ0n) is 15.4. The Labute approximate surface area is 164 Å². The Kier molecular flexibility index (Phi) is 5.16. The van der Waals surface area contributed by atoms with Gasteiger partial charge < -0.3 is 5.32 Å². The molecular weight excluding hydrogens is 356 g/mol. The third-order valence-electron chi connectivity index (χ3n) is 5.77. The summed E-state index contributed by atoms with van der Waals surface area (Å²) in [5, 5.41) is 7.45. The summed E-state index contributed by atoms with van der Waals surface area (Å²) in [6, 6.07) is 11.6. The predicted octanol–water partition coefficient (Wildman–Crippen LogP) is 4.57. The molecule has 3 aromatic rings. The molecule has 0 bridgehead atoms. The zero-order valence-corrected chi connectivity index (χ0v) is 16.3. The SMILES string of the molecule is C[C@@H](C(=O)Nc1ccc(S)cc1)C1CCC(c2ccnc3ccnn23)CC1. The summed E-state index contributed by atoms with van der Waals surface area (Å²) >= 11 is 4.28. The first-order valence-electron chi connectivity index (χ1n) is 9.50. The van der Waals surface area contributed by atoms with Gasteiger partial charge in [0.15, 0.2) is 5.65 Å². The molecular formula is C21H24N4OS. The predicted molar refractivity (Wildman–Crippen MR) is 109 cm³/mol. The van der Waals surface area contributed by atoms with Crippen LogP contribution < -0.4 is 5.32 Å². The monoisotopic (exact) mass is 380 g/mol. The van der Waals surface area contributed by atoms with E-state index in [0.29, 0.717) is 11.8 Å². The third-order valence-corrected chi connectivity index (χ3v) is 6.06. The van der Waals surface area contributed by atoms with Crippen molar-refractivity contribution in [2.24, 2.45) is 11.8 Å². The minimum Gasteiger partial charge on any atom is -0.326 e. The molecule has 140 valence electrons. The van der Waals surface area contributed by atoms with Gasteiger partial charge in [-0.05, 0) is 61.9 Å². The van der Waals surface area contributed by atoms with E-state index in [0.717, 1.165) is 41.9 Å². The van der Waals surface area contributed by atoms with Gasteiger partial charge in [-0.3, -0.25) is 4.79 Å². The summed E-state index contributed by atoms with van der Waals surface area (Å²) in [6.45, 7) is 2.05. The zero-order chi connectivity index (χ0) is 18.8. The van der Waals surface area contributed by atoms with Gasteiger partial charge in [0.2, 0.25) is 5.91 Å². The van der Waals surface area contributed by atoms with Gasteiger partial charge in [-0.15, -0.1) is 12.6 Å². The van der Waals surface area contributed by atoms with Crippen LogP contribution in [0.5, 0.6) is 0 Å². The normalized spacial score (nSPS) is 21.1. The molecule has 1 saturated carbocycles. The number of fused-ring (bicyclic) bond motifs is 1. The van der Waals surface area contributed by atoms with Gasteiger partial charge in [0.25, 0.3) is 0 Å². The van der Waals surface area contributed by atoms with Crippen molar-refractivity contribution in [3.63, 3.8) is 0 Å². The summed E-state index contributed by atoms with van der Waals surface area (Å²) in [5.41, 5.74) is 2.96. The van der Waals surface area contributed by atoms with E-state index >= 15 is 0 Å². The maximum atomic E-state index is 12.6. The molecule has 1 atom stereocenters. The molecule has 1 aliphatic carbocycles.